The topological polar surface area (TPSA) is 72.8 Å². The second-order valence-corrected chi connectivity index (χ2v) is 6.13. The van der Waals surface area contributed by atoms with Gasteiger partial charge in [-0.15, -0.1) is 0 Å². The highest BCUT2D eigenvalue weighted by atomic mass is 16.5. The van der Waals surface area contributed by atoms with Gasteiger partial charge in [-0.25, -0.2) is 4.79 Å². The smallest absolute Gasteiger partial charge is 0.345 e. The molecule has 132 valence electrons. The molecule has 0 spiro atoms. The van der Waals surface area contributed by atoms with E-state index in [0.717, 1.165) is 19.3 Å². The molecule has 1 aliphatic rings. The Hall–Kier alpha value is -1.36. The molecule has 0 amide bonds. The number of unbranched alkanes of at least 4 members (excludes halogenated alkanes) is 6. The van der Waals surface area contributed by atoms with E-state index in [1.54, 1.807) is 0 Å². The van der Waals surface area contributed by atoms with Crippen molar-refractivity contribution in [1.29, 1.82) is 0 Å². The summed E-state index contributed by atoms with van der Waals surface area (Å²) in [4.78, 5) is 24.0. The predicted molar refractivity (Wildman–Crippen MR) is 88.3 cm³/mol. The molecule has 5 heteroatoms. The van der Waals surface area contributed by atoms with Crippen molar-refractivity contribution >= 4 is 11.8 Å². The van der Waals surface area contributed by atoms with E-state index >= 15 is 0 Å². The number of ether oxygens (including phenoxy) is 2. The highest BCUT2D eigenvalue weighted by Gasteiger charge is 2.34. The van der Waals surface area contributed by atoms with Gasteiger partial charge >= 0.3 is 5.97 Å². The fraction of sp³-hybridized carbons (Fsp3) is 0.778. The molecule has 0 aliphatic carbocycles. The van der Waals surface area contributed by atoms with Crippen LogP contribution < -0.4 is 0 Å². The van der Waals surface area contributed by atoms with E-state index in [1.165, 1.54) is 39.2 Å². The van der Waals surface area contributed by atoms with Crippen molar-refractivity contribution in [2.45, 2.75) is 77.2 Å². The highest BCUT2D eigenvalue weighted by Crippen LogP contribution is 2.23. The largest absolute Gasteiger partial charge is 0.511 e. The Morgan fingerprint density at radius 2 is 1.83 bits per heavy atom. The molecule has 1 atom stereocenters. The molecule has 1 unspecified atom stereocenters. The summed E-state index contributed by atoms with van der Waals surface area (Å²) in [5, 5.41) is 9.83. The fourth-order valence-corrected chi connectivity index (χ4v) is 2.77. The Bertz CT molecular complexity index is 394. The Morgan fingerprint density at radius 1 is 1.17 bits per heavy atom. The number of esters is 1. The Kier molecular flexibility index (Phi) is 9.60. The third-order valence-corrected chi connectivity index (χ3v) is 4.13. The van der Waals surface area contributed by atoms with Crippen LogP contribution in [0.3, 0.4) is 0 Å². The van der Waals surface area contributed by atoms with Crippen molar-refractivity contribution in [2.75, 3.05) is 13.7 Å². The molecular formula is C18H30O5. The van der Waals surface area contributed by atoms with E-state index in [4.69, 9.17) is 9.47 Å². The Labute approximate surface area is 139 Å². The summed E-state index contributed by atoms with van der Waals surface area (Å²) >= 11 is 0. The molecule has 1 rings (SSSR count). The van der Waals surface area contributed by atoms with Crippen LogP contribution >= 0.6 is 0 Å². The first kappa shape index (κ1) is 19.7. The SMILES string of the molecule is CCCCCCCCCC1CC(=O)/C(=C(\O)CCOC)C(=O)O1. The number of ketones is 1. The number of methoxy groups -OCH3 is 1. The first-order valence-corrected chi connectivity index (χ1v) is 8.75. The summed E-state index contributed by atoms with van der Waals surface area (Å²) in [7, 11) is 1.50. The molecular weight excluding hydrogens is 296 g/mol. The minimum Gasteiger partial charge on any atom is -0.511 e. The zero-order valence-corrected chi connectivity index (χ0v) is 14.4. The molecule has 23 heavy (non-hydrogen) atoms. The summed E-state index contributed by atoms with van der Waals surface area (Å²) in [6.07, 6.45) is 9.02. The molecule has 5 nitrogen and oxygen atoms in total. The van der Waals surface area contributed by atoms with Crippen molar-refractivity contribution in [1.82, 2.24) is 0 Å². The predicted octanol–water partition coefficient (Wildman–Crippen LogP) is 3.86. The van der Waals surface area contributed by atoms with Gasteiger partial charge in [-0.1, -0.05) is 45.4 Å². The van der Waals surface area contributed by atoms with Crippen molar-refractivity contribution in [3.63, 3.8) is 0 Å². The maximum absolute atomic E-state index is 12.1. The third-order valence-electron chi connectivity index (χ3n) is 4.13. The lowest BCUT2D eigenvalue weighted by atomic mass is 9.96. The number of cyclic esters (lactones) is 1. The summed E-state index contributed by atoms with van der Waals surface area (Å²) in [5.41, 5.74) is -0.196. The van der Waals surface area contributed by atoms with Crippen LogP contribution in [0, 0.1) is 0 Å². The average Bonchev–Trinajstić information content (AvgIpc) is 2.51. The van der Waals surface area contributed by atoms with Crippen molar-refractivity contribution in [3.05, 3.63) is 11.3 Å². The summed E-state index contributed by atoms with van der Waals surface area (Å²) in [6, 6.07) is 0. The van der Waals surface area contributed by atoms with Gasteiger partial charge in [-0.2, -0.15) is 0 Å². The van der Waals surface area contributed by atoms with Crippen molar-refractivity contribution < 1.29 is 24.2 Å². The quantitative estimate of drug-likeness (QED) is 0.205. The number of aliphatic hydroxyl groups is 1. The van der Waals surface area contributed by atoms with Gasteiger partial charge in [0.15, 0.2) is 5.78 Å². The third kappa shape index (κ3) is 7.16. The lowest BCUT2D eigenvalue weighted by Crippen LogP contribution is -2.33. The van der Waals surface area contributed by atoms with Crippen LogP contribution in [0.4, 0.5) is 0 Å². The average molecular weight is 326 g/mol. The van der Waals surface area contributed by atoms with Crippen LogP contribution in [0.25, 0.3) is 0 Å². The molecule has 0 bridgehead atoms. The first-order valence-electron chi connectivity index (χ1n) is 8.75. The number of carbonyl (C=O) groups excluding carboxylic acids is 2. The number of carbonyl (C=O) groups is 2. The van der Waals surface area contributed by atoms with Crippen molar-refractivity contribution in [2.24, 2.45) is 0 Å². The molecule has 1 saturated heterocycles. The standard InChI is InChI=1S/C18H30O5/c1-3-4-5-6-7-8-9-10-14-13-16(20)17(18(21)23-14)15(19)11-12-22-2/h14,19H,3-13H2,1-2H3/b17-15+. The first-order chi connectivity index (χ1) is 11.1. The second kappa shape index (κ2) is 11.2. The molecule has 1 N–H and O–H groups in total. The van der Waals surface area contributed by atoms with E-state index in [1.807, 2.05) is 0 Å². The van der Waals surface area contributed by atoms with Crippen LogP contribution in [-0.4, -0.2) is 36.7 Å². The lowest BCUT2D eigenvalue weighted by molar-refractivity contribution is -0.151. The number of hydrogen-bond donors (Lipinski definition) is 1. The Balaban J connectivity index is 2.33. The molecule has 0 aromatic rings. The summed E-state index contributed by atoms with van der Waals surface area (Å²) in [6.45, 7) is 2.46. The Morgan fingerprint density at radius 3 is 2.43 bits per heavy atom. The van der Waals surface area contributed by atoms with E-state index in [2.05, 4.69) is 6.92 Å². The zero-order valence-electron chi connectivity index (χ0n) is 14.4. The van der Waals surface area contributed by atoms with Crippen LogP contribution in [-0.2, 0) is 19.1 Å². The van der Waals surface area contributed by atoms with Crippen LogP contribution in [0.2, 0.25) is 0 Å². The number of rotatable bonds is 11. The summed E-state index contributed by atoms with van der Waals surface area (Å²) < 4.78 is 10.1. The lowest BCUT2D eigenvalue weighted by Gasteiger charge is -2.23. The minimum absolute atomic E-state index is 0.148. The van der Waals surface area contributed by atoms with E-state index < -0.39 is 5.97 Å². The maximum atomic E-state index is 12.1. The van der Waals surface area contributed by atoms with Gasteiger partial charge in [0.1, 0.15) is 17.4 Å². The number of Topliss-reactive ketones (excluding diaryl/α,β-unsaturated/α-hetero) is 1. The molecule has 1 aliphatic heterocycles. The van der Waals surface area contributed by atoms with Crippen LogP contribution in [0.15, 0.2) is 11.3 Å². The zero-order chi connectivity index (χ0) is 17.1. The van der Waals surface area contributed by atoms with Gasteiger partial charge < -0.3 is 14.6 Å². The van der Waals surface area contributed by atoms with Crippen molar-refractivity contribution in [3.8, 4) is 0 Å². The van der Waals surface area contributed by atoms with Gasteiger partial charge in [0.2, 0.25) is 0 Å². The van der Waals surface area contributed by atoms with Gasteiger partial charge in [-0.05, 0) is 12.8 Å². The monoisotopic (exact) mass is 326 g/mol. The second-order valence-electron chi connectivity index (χ2n) is 6.13. The minimum atomic E-state index is -0.692. The van der Waals surface area contributed by atoms with Gasteiger partial charge in [0.25, 0.3) is 0 Å². The molecule has 0 saturated carbocycles. The number of hydrogen-bond acceptors (Lipinski definition) is 5. The van der Waals surface area contributed by atoms with E-state index in [-0.39, 0.29) is 42.7 Å². The van der Waals surface area contributed by atoms with Gasteiger partial charge in [0, 0.05) is 20.0 Å². The highest BCUT2D eigenvalue weighted by molar-refractivity contribution is 6.19. The number of aliphatic hydroxyl groups excluding tert-OH is 1. The summed E-state index contributed by atoms with van der Waals surface area (Å²) in [5.74, 6) is -1.23. The molecule has 1 fully saturated rings. The van der Waals surface area contributed by atoms with Crippen LogP contribution in [0.1, 0.15) is 71.1 Å². The normalized spacial score (nSPS) is 20.5. The molecule has 0 radical (unpaired) electrons. The molecule has 0 aromatic carbocycles. The van der Waals surface area contributed by atoms with Gasteiger partial charge in [0.05, 0.1) is 6.61 Å². The van der Waals surface area contributed by atoms with E-state index in [9.17, 15) is 14.7 Å². The fourth-order valence-electron chi connectivity index (χ4n) is 2.77. The molecule has 1 heterocycles. The van der Waals surface area contributed by atoms with Crippen LogP contribution in [0.5, 0.6) is 0 Å². The molecule has 0 aromatic heterocycles. The van der Waals surface area contributed by atoms with E-state index in [0.29, 0.717) is 0 Å². The van der Waals surface area contributed by atoms with Gasteiger partial charge in [-0.3, -0.25) is 4.79 Å². The maximum Gasteiger partial charge on any atom is 0.345 e.